The molecule has 0 aromatic carbocycles. The van der Waals surface area contributed by atoms with Crippen LogP contribution in [0.3, 0.4) is 0 Å². The lowest BCUT2D eigenvalue weighted by atomic mass is 10.2. The van der Waals surface area contributed by atoms with Crippen LogP contribution in [0.4, 0.5) is 11.6 Å². The molecule has 0 bridgehead atoms. The normalized spacial score (nSPS) is 14.2. The van der Waals surface area contributed by atoms with Crippen LogP contribution in [0.2, 0.25) is 0 Å². The van der Waals surface area contributed by atoms with Crippen LogP contribution < -0.4 is 10.6 Å². The van der Waals surface area contributed by atoms with Crippen LogP contribution in [-0.2, 0) is 4.74 Å². The summed E-state index contributed by atoms with van der Waals surface area (Å²) in [6, 6.07) is 0. The van der Waals surface area contributed by atoms with Gasteiger partial charge in [0.25, 0.3) is 0 Å². The molecule has 21 heavy (non-hydrogen) atoms. The summed E-state index contributed by atoms with van der Waals surface area (Å²) in [5.74, 6) is 3.45. The van der Waals surface area contributed by atoms with Crippen molar-refractivity contribution in [3.63, 3.8) is 0 Å². The number of anilines is 2. The predicted octanol–water partition coefficient (Wildman–Crippen LogP) is 3.32. The van der Waals surface area contributed by atoms with Gasteiger partial charge in [0.15, 0.2) is 0 Å². The number of unbranched alkanes of at least 4 members (excludes halogenated alkanes) is 1. The van der Waals surface area contributed by atoms with E-state index in [4.69, 9.17) is 4.74 Å². The number of aromatic nitrogens is 2. The van der Waals surface area contributed by atoms with E-state index in [9.17, 15) is 0 Å². The molecule has 1 saturated carbocycles. The van der Waals surface area contributed by atoms with Crippen molar-refractivity contribution < 1.29 is 4.74 Å². The van der Waals surface area contributed by atoms with Gasteiger partial charge >= 0.3 is 0 Å². The first-order chi connectivity index (χ1) is 10.3. The van der Waals surface area contributed by atoms with Crippen LogP contribution in [0.5, 0.6) is 0 Å². The Morgan fingerprint density at radius 2 is 1.86 bits per heavy atom. The molecule has 1 aliphatic carbocycles. The third kappa shape index (κ3) is 4.84. The van der Waals surface area contributed by atoms with E-state index in [0.29, 0.717) is 5.92 Å². The fraction of sp³-hybridized carbons (Fsp3) is 0.750. The SMILES string of the molecule is CCCCOCCCNc1nc(C2CC2)nc(NC)c1C. The second kappa shape index (κ2) is 8.17. The highest BCUT2D eigenvalue weighted by Crippen LogP contribution is 2.39. The second-order valence-corrected chi connectivity index (χ2v) is 5.67. The van der Waals surface area contributed by atoms with E-state index in [1.54, 1.807) is 0 Å². The van der Waals surface area contributed by atoms with Crippen LogP contribution in [0.1, 0.15) is 56.3 Å². The lowest BCUT2D eigenvalue weighted by molar-refractivity contribution is 0.131. The number of nitrogens with zero attached hydrogens (tertiary/aromatic N) is 2. The Balaban J connectivity index is 1.82. The van der Waals surface area contributed by atoms with Gasteiger partial charge in [0.2, 0.25) is 0 Å². The molecule has 0 radical (unpaired) electrons. The van der Waals surface area contributed by atoms with E-state index in [-0.39, 0.29) is 0 Å². The highest BCUT2D eigenvalue weighted by molar-refractivity contribution is 5.57. The van der Waals surface area contributed by atoms with Gasteiger partial charge in [0.05, 0.1) is 0 Å². The van der Waals surface area contributed by atoms with Crippen molar-refractivity contribution in [1.82, 2.24) is 9.97 Å². The third-order valence-corrected chi connectivity index (χ3v) is 3.74. The number of hydrogen-bond donors (Lipinski definition) is 2. The van der Waals surface area contributed by atoms with Crippen molar-refractivity contribution in [2.45, 2.75) is 51.9 Å². The lowest BCUT2D eigenvalue weighted by Crippen LogP contribution is -2.12. The first kappa shape index (κ1) is 16.0. The summed E-state index contributed by atoms with van der Waals surface area (Å²) in [6.45, 7) is 6.81. The van der Waals surface area contributed by atoms with E-state index in [0.717, 1.165) is 55.6 Å². The zero-order chi connectivity index (χ0) is 15.1. The summed E-state index contributed by atoms with van der Waals surface area (Å²) >= 11 is 0. The summed E-state index contributed by atoms with van der Waals surface area (Å²) in [5.41, 5.74) is 1.09. The Labute approximate surface area is 127 Å². The number of hydrogen-bond acceptors (Lipinski definition) is 5. The molecule has 118 valence electrons. The summed E-state index contributed by atoms with van der Waals surface area (Å²) in [5, 5.41) is 6.60. The molecule has 0 amide bonds. The molecule has 2 rings (SSSR count). The van der Waals surface area contributed by atoms with Gasteiger partial charge in [-0.3, -0.25) is 0 Å². The van der Waals surface area contributed by atoms with E-state index < -0.39 is 0 Å². The fourth-order valence-electron chi connectivity index (χ4n) is 2.20. The highest BCUT2D eigenvalue weighted by atomic mass is 16.5. The van der Waals surface area contributed by atoms with Crippen molar-refractivity contribution in [2.24, 2.45) is 0 Å². The van der Waals surface area contributed by atoms with Gasteiger partial charge in [-0.05, 0) is 32.6 Å². The molecule has 0 saturated heterocycles. The number of nitrogens with one attached hydrogen (secondary N) is 2. The maximum atomic E-state index is 5.57. The quantitative estimate of drug-likeness (QED) is 0.648. The van der Waals surface area contributed by atoms with Gasteiger partial charge in [-0.15, -0.1) is 0 Å². The fourth-order valence-corrected chi connectivity index (χ4v) is 2.20. The van der Waals surface area contributed by atoms with Crippen molar-refractivity contribution in [1.29, 1.82) is 0 Å². The van der Waals surface area contributed by atoms with Gasteiger partial charge in [-0.2, -0.15) is 0 Å². The summed E-state index contributed by atoms with van der Waals surface area (Å²) in [7, 11) is 1.91. The van der Waals surface area contributed by atoms with Crippen LogP contribution >= 0.6 is 0 Å². The Bertz CT molecular complexity index is 446. The van der Waals surface area contributed by atoms with Crippen molar-refractivity contribution >= 4 is 11.6 Å². The number of ether oxygens (including phenoxy) is 1. The summed E-state index contributed by atoms with van der Waals surface area (Å²) in [4.78, 5) is 9.29. The van der Waals surface area contributed by atoms with Crippen molar-refractivity contribution in [3.05, 3.63) is 11.4 Å². The minimum Gasteiger partial charge on any atom is -0.381 e. The molecule has 1 aromatic rings. The van der Waals surface area contributed by atoms with Crippen LogP contribution in [-0.4, -0.2) is 36.8 Å². The molecule has 1 fully saturated rings. The molecule has 0 atom stereocenters. The topological polar surface area (TPSA) is 59.1 Å². The molecule has 0 aliphatic heterocycles. The second-order valence-electron chi connectivity index (χ2n) is 5.67. The molecular formula is C16H28N4O. The molecule has 1 aliphatic rings. The summed E-state index contributed by atoms with van der Waals surface area (Å²) in [6.07, 6.45) is 5.78. The Morgan fingerprint density at radius 1 is 1.14 bits per heavy atom. The van der Waals surface area contributed by atoms with Crippen LogP contribution in [0.25, 0.3) is 0 Å². The molecule has 2 N–H and O–H groups in total. The minimum absolute atomic E-state index is 0.565. The van der Waals surface area contributed by atoms with E-state index in [1.807, 2.05) is 7.05 Å². The van der Waals surface area contributed by atoms with E-state index in [2.05, 4.69) is 34.4 Å². The summed E-state index contributed by atoms with van der Waals surface area (Å²) < 4.78 is 5.57. The average molecular weight is 292 g/mol. The molecule has 0 unspecified atom stereocenters. The largest absolute Gasteiger partial charge is 0.381 e. The van der Waals surface area contributed by atoms with Gasteiger partial charge in [0.1, 0.15) is 17.5 Å². The van der Waals surface area contributed by atoms with Gasteiger partial charge in [-0.1, -0.05) is 13.3 Å². The monoisotopic (exact) mass is 292 g/mol. The first-order valence-corrected chi connectivity index (χ1v) is 8.14. The molecule has 5 nitrogen and oxygen atoms in total. The maximum Gasteiger partial charge on any atom is 0.136 e. The lowest BCUT2D eigenvalue weighted by Gasteiger charge is -2.13. The van der Waals surface area contributed by atoms with Gasteiger partial charge < -0.3 is 15.4 Å². The van der Waals surface area contributed by atoms with E-state index >= 15 is 0 Å². The third-order valence-electron chi connectivity index (χ3n) is 3.74. The van der Waals surface area contributed by atoms with E-state index in [1.165, 1.54) is 19.3 Å². The molecule has 1 heterocycles. The van der Waals surface area contributed by atoms with Crippen LogP contribution in [0, 0.1) is 6.92 Å². The van der Waals surface area contributed by atoms with Crippen LogP contribution in [0.15, 0.2) is 0 Å². The standard InChI is InChI=1S/C16H28N4O/c1-4-5-10-21-11-6-9-18-15-12(2)14(17-3)19-16(20-15)13-7-8-13/h13H,4-11H2,1-3H3,(H2,17,18,19,20). The van der Waals surface area contributed by atoms with Gasteiger partial charge in [-0.25, -0.2) is 9.97 Å². The minimum atomic E-state index is 0.565. The molecular weight excluding hydrogens is 264 g/mol. The zero-order valence-electron chi connectivity index (χ0n) is 13.5. The Hall–Kier alpha value is -1.36. The molecule has 0 spiro atoms. The predicted molar refractivity (Wildman–Crippen MR) is 87.1 cm³/mol. The zero-order valence-corrected chi connectivity index (χ0v) is 13.5. The van der Waals surface area contributed by atoms with Crippen molar-refractivity contribution in [3.8, 4) is 0 Å². The smallest absolute Gasteiger partial charge is 0.136 e. The molecule has 5 heteroatoms. The average Bonchev–Trinajstić information content (AvgIpc) is 3.32. The first-order valence-electron chi connectivity index (χ1n) is 8.14. The highest BCUT2D eigenvalue weighted by Gasteiger charge is 2.28. The maximum absolute atomic E-state index is 5.57. The number of rotatable bonds is 10. The van der Waals surface area contributed by atoms with Gasteiger partial charge in [0, 0.05) is 38.3 Å². The molecule has 1 aromatic heterocycles. The van der Waals surface area contributed by atoms with Crippen molar-refractivity contribution in [2.75, 3.05) is 37.4 Å². The Morgan fingerprint density at radius 3 is 2.52 bits per heavy atom. The Kier molecular flexibility index (Phi) is 6.23.